The van der Waals surface area contributed by atoms with Crippen molar-refractivity contribution in [3.63, 3.8) is 0 Å². The third-order valence-corrected chi connectivity index (χ3v) is 3.57. The van der Waals surface area contributed by atoms with Crippen LogP contribution < -0.4 is 0 Å². The molecule has 0 radical (unpaired) electrons. The summed E-state index contributed by atoms with van der Waals surface area (Å²) in [4.78, 5) is 23.6. The molecule has 92 valence electrons. The van der Waals surface area contributed by atoms with Gasteiger partial charge in [-0.15, -0.1) is 0 Å². The molecule has 0 aliphatic heterocycles. The maximum Gasteiger partial charge on any atom is 0.319 e. The Kier molecular flexibility index (Phi) is 4.97. The normalized spacial score (nSPS) is 24.8. The summed E-state index contributed by atoms with van der Waals surface area (Å²) in [5.41, 5.74) is -0.789. The van der Waals surface area contributed by atoms with Crippen LogP contribution in [0.3, 0.4) is 0 Å². The largest absolute Gasteiger partial charge is 0.468 e. The van der Waals surface area contributed by atoms with Gasteiger partial charge in [-0.1, -0.05) is 32.6 Å². The smallest absolute Gasteiger partial charge is 0.319 e. The number of ketones is 1. The number of hydrogen-bond donors (Lipinski definition) is 0. The minimum Gasteiger partial charge on any atom is -0.468 e. The quantitative estimate of drug-likeness (QED) is 0.397. The van der Waals surface area contributed by atoms with Crippen molar-refractivity contribution in [3.05, 3.63) is 0 Å². The molecule has 3 heteroatoms. The highest BCUT2D eigenvalue weighted by Crippen LogP contribution is 2.40. The number of carbonyl (C=O) groups is 2. The molecule has 1 saturated carbocycles. The Bertz CT molecular complexity index is 260. The van der Waals surface area contributed by atoms with E-state index >= 15 is 0 Å². The summed E-state index contributed by atoms with van der Waals surface area (Å²) in [5, 5.41) is 0. The van der Waals surface area contributed by atoms with Gasteiger partial charge in [0.05, 0.1) is 7.11 Å². The van der Waals surface area contributed by atoms with E-state index in [9.17, 15) is 9.59 Å². The Morgan fingerprint density at radius 2 is 2.12 bits per heavy atom. The number of rotatable bonds is 6. The van der Waals surface area contributed by atoms with Crippen molar-refractivity contribution in [2.24, 2.45) is 5.41 Å². The van der Waals surface area contributed by atoms with Gasteiger partial charge < -0.3 is 4.74 Å². The summed E-state index contributed by atoms with van der Waals surface area (Å²) >= 11 is 0. The molecule has 0 bridgehead atoms. The number of unbranched alkanes of at least 4 members (excludes halogenated alkanes) is 3. The Morgan fingerprint density at radius 3 is 2.62 bits per heavy atom. The fourth-order valence-electron chi connectivity index (χ4n) is 2.56. The second kappa shape index (κ2) is 6.02. The lowest BCUT2D eigenvalue weighted by Gasteiger charge is -2.24. The SMILES string of the molecule is CCCCCCC1(C(=O)OC)CCCC1=O. The van der Waals surface area contributed by atoms with Crippen LogP contribution in [0, 0.1) is 5.41 Å². The number of ether oxygens (including phenoxy) is 1. The van der Waals surface area contributed by atoms with Gasteiger partial charge in [0.15, 0.2) is 0 Å². The first-order valence-corrected chi connectivity index (χ1v) is 6.29. The lowest BCUT2D eigenvalue weighted by Crippen LogP contribution is -2.36. The zero-order chi connectivity index (χ0) is 12.0. The maximum atomic E-state index is 11.9. The fourth-order valence-corrected chi connectivity index (χ4v) is 2.56. The molecule has 1 aliphatic carbocycles. The lowest BCUT2D eigenvalue weighted by molar-refractivity contribution is -0.157. The van der Waals surface area contributed by atoms with Gasteiger partial charge in [-0.25, -0.2) is 0 Å². The van der Waals surface area contributed by atoms with Crippen molar-refractivity contribution in [2.75, 3.05) is 7.11 Å². The number of methoxy groups -OCH3 is 1. The van der Waals surface area contributed by atoms with E-state index in [1.807, 2.05) is 0 Å². The molecule has 0 aromatic carbocycles. The van der Waals surface area contributed by atoms with Crippen molar-refractivity contribution < 1.29 is 14.3 Å². The molecular formula is C13H22O3. The van der Waals surface area contributed by atoms with Crippen molar-refractivity contribution in [1.82, 2.24) is 0 Å². The van der Waals surface area contributed by atoms with Gasteiger partial charge in [0.1, 0.15) is 11.2 Å². The average molecular weight is 226 g/mol. The van der Waals surface area contributed by atoms with Gasteiger partial charge in [0.25, 0.3) is 0 Å². The third-order valence-electron chi connectivity index (χ3n) is 3.57. The molecule has 0 amide bonds. The molecule has 0 N–H and O–H groups in total. The lowest BCUT2D eigenvalue weighted by atomic mass is 9.80. The Hall–Kier alpha value is -0.860. The molecule has 0 aromatic rings. The van der Waals surface area contributed by atoms with E-state index in [2.05, 4.69) is 6.92 Å². The number of hydrogen-bond acceptors (Lipinski definition) is 3. The summed E-state index contributed by atoms with van der Waals surface area (Å²) in [7, 11) is 1.38. The van der Waals surface area contributed by atoms with Gasteiger partial charge in [0, 0.05) is 6.42 Å². The minimum absolute atomic E-state index is 0.0934. The molecule has 0 aromatic heterocycles. The van der Waals surface area contributed by atoms with Crippen LogP contribution >= 0.6 is 0 Å². The molecule has 1 atom stereocenters. The zero-order valence-electron chi connectivity index (χ0n) is 10.4. The highest BCUT2D eigenvalue weighted by molar-refractivity contribution is 6.05. The summed E-state index contributed by atoms with van der Waals surface area (Å²) in [6.45, 7) is 2.15. The van der Waals surface area contributed by atoms with Gasteiger partial charge in [-0.3, -0.25) is 9.59 Å². The highest BCUT2D eigenvalue weighted by Gasteiger charge is 2.48. The molecule has 16 heavy (non-hydrogen) atoms. The number of Topliss-reactive ketones (excluding diaryl/α,β-unsaturated/α-hetero) is 1. The molecule has 1 rings (SSSR count). The molecular weight excluding hydrogens is 204 g/mol. The Morgan fingerprint density at radius 1 is 1.38 bits per heavy atom. The van der Waals surface area contributed by atoms with Crippen LogP contribution in [-0.2, 0) is 14.3 Å². The first-order chi connectivity index (χ1) is 7.67. The van der Waals surface area contributed by atoms with Gasteiger partial charge in [-0.2, -0.15) is 0 Å². The number of carbonyl (C=O) groups excluding carboxylic acids is 2. The number of esters is 1. The van der Waals surface area contributed by atoms with Gasteiger partial charge in [0.2, 0.25) is 0 Å². The maximum absolute atomic E-state index is 11.9. The summed E-state index contributed by atoms with van der Waals surface area (Å²) < 4.78 is 4.81. The second-order valence-electron chi connectivity index (χ2n) is 4.66. The van der Waals surface area contributed by atoms with Crippen LogP contribution in [0.1, 0.15) is 58.3 Å². The van der Waals surface area contributed by atoms with E-state index in [-0.39, 0.29) is 11.8 Å². The summed E-state index contributed by atoms with van der Waals surface area (Å²) in [5.74, 6) is -0.220. The molecule has 3 nitrogen and oxygen atoms in total. The molecule has 1 unspecified atom stereocenters. The van der Waals surface area contributed by atoms with Crippen molar-refractivity contribution >= 4 is 11.8 Å². The van der Waals surface area contributed by atoms with Crippen LogP contribution in [0.15, 0.2) is 0 Å². The predicted octanol–water partition coefficient (Wildman–Crippen LogP) is 2.87. The van der Waals surface area contributed by atoms with Crippen molar-refractivity contribution in [3.8, 4) is 0 Å². The first-order valence-electron chi connectivity index (χ1n) is 6.29. The molecule has 0 saturated heterocycles. The first kappa shape index (κ1) is 13.2. The molecule has 1 aliphatic rings. The summed E-state index contributed by atoms with van der Waals surface area (Å²) in [6, 6.07) is 0. The van der Waals surface area contributed by atoms with Crippen LogP contribution in [-0.4, -0.2) is 18.9 Å². The second-order valence-corrected chi connectivity index (χ2v) is 4.66. The van der Waals surface area contributed by atoms with E-state index in [4.69, 9.17) is 4.74 Å². The molecule has 0 spiro atoms. The van der Waals surface area contributed by atoms with E-state index in [1.165, 1.54) is 20.0 Å². The molecule has 0 heterocycles. The molecule has 1 fully saturated rings. The van der Waals surface area contributed by atoms with Crippen LogP contribution in [0.5, 0.6) is 0 Å². The third kappa shape index (κ3) is 2.63. The Labute approximate surface area is 97.5 Å². The summed E-state index contributed by atoms with van der Waals surface area (Å²) in [6.07, 6.45) is 7.13. The minimum atomic E-state index is -0.789. The van der Waals surface area contributed by atoms with E-state index in [1.54, 1.807) is 0 Å². The van der Waals surface area contributed by atoms with Gasteiger partial charge in [-0.05, 0) is 19.3 Å². The topological polar surface area (TPSA) is 43.4 Å². The van der Waals surface area contributed by atoms with Crippen LogP contribution in [0.25, 0.3) is 0 Å². The van der Waals surface area contributed by atoms with Gasteiger partial charge >= 0.3 is 5.97 Å². The predicted molar refractivity (Wildman–Crippen MR) is 62.1 cm³/mol. The van der Waals surface area contributed by atoms with Crippen LogP contribution in [0.4, 0.5) is 0 Å². The van der Waals surface area contributed by atoms with E-state index in [0.717, 1.165) is 19.3 Å². The van der Waals surface area contributed by atoms with Crippen LogP contribution in [0.2, 0.25) is 0 Å². The average Bonchev–Trinajstić information content (AvgIpc) is 2.66. The highest BCUT2D eigenvalue weighted by atomic mass is 16.5. The van der Waals surface area contributed by atoms with Crippen molar-refractivity contribution in [1.29, 1.82) is 0 Å². The standard InChI is InChI=1S/C13H22O3/c1-3-4-5-6-9-13(12(15)16-2)10-7-8-11(13)14/h3-10H2,1-2H3. The zero-order valence-corrected chi connectivity index (χ0v) is 10.4. The Balaban J connectivity index is 2.58. The van der Waals surface area contributed by atoms with E-state index < -0.39 is 5.41 Å². The van der Waals surface area contributed by atoms with Crippen molar-refractivity contribution in [2.45, 2.75) is 58.3 Å². The fraction of sp³-hybridized carbons (Fsp3) is 0.846. The van der Waals surface area contributed by atoms with E-state index in [0.29, 0.717) is 19.3 Å². The monoisotopic (exact) mass is 226 g/mol.